The molecule has 86 valence electrons. The Balaban J connectivity index is 2.05. The lowest BCUT2D eigenvalue weighted by atomic mass is 9.99. The fourth-order valence-corrected chi connectivity index (χ4v) is 1.95. The van der Waals surface area contributed by atoms with E-state index < -0.39 is 0 Å². The average molecular weight is 220 g/mol. The Morgan fingerprint density at radius 3 is 2.50 bits per heavy atom. The maximum atomic E-state index is 12.0. The molecule has 0 spiro atoms. The minimum atomic E-state index is 0.0347. The summed E-state index contributed by atoms with van der Waals surface area (Å²) in [6, 6.07) is 3.15. The first-order valence-electron chi connectivity index (χ1n) is 5.65. The van der Waals surface area contributed by atoms with Gasteiger partial charge >= 0.3 is 0 Å². The van der Waals surface area contributed by atoms with Gasteiger partial charge in [-0.2, -0.15) is 4.73 Å². The summed E-state index contributed by atoms with van der Waals surface area (Å²) in [6.45, 7) is 3.86. The Labute approximate surface area is 95.1 Å². The van der Waals surface area contributed by atoms with Crippen molar-refractivity contribution in [3.63, 3.8) is 0 Å². The molecular weight excluding hydrogens is 204 g/mol. The Morgan fingerprint density at radius 2 is 1.94 bits per heavy atom. The van der Waals surface area contributed by atoms with E-state index in [1.807, 2.05) is 4.90 Å². The van der Waals surface area contributed by atoms with Crippen LogP contribution < -0.4 is 4.73 Å². The molecule has 2 rings (SSSR count). The van der Waals surface area contributed by atoms with Crippen molar-refractivity contribution in [2.75, 3.05) is 13.1 Å². The summed E-state index contributed by atoms with van der Waals surface area (Å²) < 4.78 is 0.690. The first-order chi connectivity index (χ1) is 7.66. The molecule has 1 aliphatic rings. The molecule has 0 unspecified atom stereocenters. The number of nitrogens with zero attached hydrogens (tertiary/aromatic N) is 2. The van der Waals surface area contributed by atoms with Crippen LogP contribution >= 0.6 is 0 Å². The Kier molecular flexibility index (Phi) is 3.08. The van der Waals surface area contributed by atoms with Crippen molar-refractivity contribution in [2.24, 2.45) is 5.92 Å². The molecule has 1 aliphatic heterocycles. The van der Waals surface area contributed by atoms with E-state index in [9.17, 15) is 10.0 Å². The second-order valence-electron chi connectivity index (χ2n) is 4.42. The molecule has 16 heavy (non-hydrogen) atoms. The zero-order valence-corrected chi connectivity index (χ0v) is 9.43. The van der Waals surface area contributed by atoms with Crippen molar-refractivity contribution < 1.29 is 9.52 Å². The van der Waals surface area contributed by atoms with Crippen molar-refractivity contribution in [1.29, 1.82) is 0 Å². The second-order valence-corrected chi connectivity index (χ2v) is 4.42. The van der Waals surface area contributed by atoms with Gasteiger partial charge in [0.25, 0.3) is 5.91 Å². The summed E-state index contributed by atoms with van der Waals surface area (Å²) in [5.41, 5.74) is 0.599. The summed E-state index contributed by atoms with van der Waals surface area (Å²) in [5.74, 6) is 0.746. The zero-order chi connectivity index (χ0) is 11.5. The van der Waals surface area contributed by atoms with Gasteiger partial charge in [0, 0.05) is 25.2 Å². The first kappa shape index (κ1) is 10.9. The van der Waals surface area contributed by atoms with Gasteiger partial charge in [0.1, 0.15) is 0 Å². The lowest BCUT2D eigenvalue weighted by Crippen LogP contribution is -2.38. The van der Waals surface area contributed by atoms with Gasteiger partial charge in [-0.1, -0.05) is 6.92 Å². The molecule has 1 saturated heterocycles. The van der Waals surface area contributed by atoms with E-state index >= 15 is 0 Å². The van der Waals surface area contributed by atoms with E-state index in [4.69, 9.17) is 0 Å². The van der Waals surface area contributed by atoms with Crippen LogP contribution in [0.15, 0.2) is 24.5 Å². The van der Waals surface area contributed by atoms with Crippen LogP contribution in [0.1, 0.15) is 30.1 Å². The number of rotatable bonds is 1. The zero-order valence-electron chi connectivity index (χ0n) is 9.43. The van der Waals surface area contributed by atoms with E-state index in [1.165, 1.54) is 12.4 Å². The number of pyridine rings is 1. The van der Waals surface area contributed by atoms with Gasteiger partial charge in [-0.3, -0.25) is 4.79 Å². The quantitative estimate of drug-likeness (QED) is 0.527. The standard InChI is InChI=1S/C12H16N2O2/c1-10-2-6-13(7-3-10)12(15)11-4-8-14(16)9-5-11/h4-5,8-10H,2-3,6-7H2,1H3. The number of amides is 1. The highest BCUT2D eigenvalue weighted by Gasteiger charge is 2.21. The predicted octanol–water partition coefficient (Wildman–Crippen LogP) is 1.19. The molecule has 4 heteroatoms. The second kappa shape index (κ2) is 4.51. The number of likely N-dealkylation sites (tertiary alicyclic amines) is 1. The number of piperidine rings is 1. The number of carbonyl (C=O) groups is 1. The normalized spacial score (nSPS) is 17.4. The van der Waals surface area contributed by atoms with Crippen LogP contribution in [0, 0.1) is 11.1 Å². The van der Waals surface area contributed by atoms with Crippen LogP contribution in [-0.2, 0) is 0 Å². The molecule has 1 aromatic rings. The van der Waals surface area contributed by atoms with Gasteiger partial charge in [-0.05, 0) is 18.8 Å². The van der Waals surface area contributed by atoms with E-state index in [0.29, 0.717) is 16.2 Å². The molecule has 0 saturated carbocycles. The Morgan fingerprint density at radius 1 is 1.38 bits per heavy atom. The number of aromatic nitrogens is 1. The van der Waals surface area contributed by atoms with E-state index in [-0.39, 0.29) is 5.91 Å². The third-order valence-corrected chi connectivity index (χ3v) is 3.12. The topological polar surface area (TPSA) is 47.2 Å². The fraction of sp³-hybridized carbons (Fsp3) is 0.500. The van der Waals surface area contributed by atoms with Crippen LogP contribution in [-0.4, -0.2) is 23.9 Å². The molecule has 1 aromatic heterocycles. The smallest absolute Gasteiger partial charge is 0.254 e. The highest BCUT2D eigenvalue weighted by molar-refractivity contribution is 5.94. The highest BCUT2D eigenvalue weighted by atomic mass is 16.5. The maximum Gasteiger partial charge on any atom is 0.254 e. The fourth-order valence-electron chi connectivity index (χ4n) is 1.95. The molecule has 0 aliphatic carbocycles. The molecule has 0 radical (unpaired) electrons. The van der Waals surface area contributed by atoms with Crippen molar-refractivity contribution in [1.82, 2.24) is 4.90 Å². The predicted molar refractivity (Wildman–Crippen MR) is 59.7 cm³/mol. The number of hydrogen-bond acceptors (Lipinski definition) is 2. The van der Waals surface area contributed by atoms with Gasteiger partial charge in [-0.15, -0.1) is 0 Å². The van der Waals surface area contributed by atoms with E-state index in [0.717, 1.165) is 25.9 Å². The first-order valence-corrected chi connectivity index (χ1v) is 5.65. The van der Waals surface area contributed by atoms with Gasteiger partial charge < -0.3 is 10.1 Å². The van der Waals surface area contributed by atoms with Gasteiger partial charge in [0.2, 0.25) is 0 Å². The molecule has 1 amide bonds. The van der Waals surface area contributed by atoms with E-state index in [2.05, 4.69) is 6.92 Å². The molecule has 0 N–H and O–H groups in total. The summed E-state index contributed by atoms with van der Waals surface area (Å²) in [5, 5.41) is 10.9. The minimum absolute atomic E-state index is 0.0347. The largest absolute Gasteiger partial charge is 0.619 e. The number of hydrogen-bond donors (Lipinski definition) is 0. The molecule has 0 aromatic carbocycles. The Hall–Kier alpha value is -1.58. The van der Waals surface area contributed by atoms with Crippen molar-refractivity contribution in [2.45, 2.75) is 19.8 Å². The van der Waals surface area contributed by atoms with Crippen LogP contribution in [0.4, 0.5) is 0 Å². The monoisotopic (exact) mass is 220 g/mol. The van der Waals surface area contributed by atoms with Crippen molar-refractivity contribution >= 4 is 5.91 Å². The molecule has 0 bridgehead atoms. The molecule has 0 atom stereocenters. The highest BCUT2D eigenvalue weighted by Crippen LogP contribution is 2.17. The minimum Gasteiger partial charge on any atom is -0.619 e. The summed E-state index contributed by atoms with van der Waals surface area (Å²) in [7, 11) is 0. The number of carbonyl (C=O) groups excluding carboxylic acids is 1. The van der Waals surface area contributed by atoms with Crippen LogP contribution in [0.5, 0.6) is 0 Å². The van der Waals surface area contributed by atoms with Gasteiger partial charge in [0.15, 0.2) is 12.4 Å². The molecule has 1 fully saturated rings. The van der Waals surface area contributed by atoms with Crippen molar-refractivity contribution in [3.8, 4) is 0 Å². The van der Waals surface area contributed by atoms with Crippen LogP contribution in [0.3, 0.4) is 0 Å². The summed E-state index contributed by atoms with van der Waals surface area (Å²) in [6.07, 6.45) is 4.86. The van der Waals surface area contributed by atoms with Crippen molar-refractivity contribution in [3.05, 3.63) is 35.3 Å². The lowest BCUT2D eigenvalue weighted by molar-refractivity contribution is -0.605. The Bertz CT molecular complexity index is 367. The van der Waals surface area contributed by atoms with E-state index in [1.54, 1.807) is 12.1 Å². The average Bonchev–Trinajstić information content (AvgIpc) is 2.30. The van der Waals surface area contributed by atoms with Crippen LogP contribution in [0.2, 0.25) is 0 Å². The molecule has 4 nitrogen and oxygen atoms in total. The third kappa shape index (κ3) is 2.32. The molecular formula is C12H16N2O2. The SMILES string of the molecule is CC1CCN(C(=O)c2cc[n+]([O-])cc2)CC1. The summed E-state index contributed by atoms with van der Waals surface area (Å²) in [4.78, 5) is 13.9. The van der Waals surface area contributed by atoms with Gasteiger partial charge in [0.05, 0.1) is 5.56 Å². The maximum absolute atomic E-state index is 12.0. The summed E-state index contributed by atoms with van der Waals surface area (Å²) >= 11 is 0. The lowest BCUT2D eigenvalue weighted by Gasteiger charge is -2.30. The third-order valence-electron chi connectivity index (χ3n) is 3.12. The van der Waals surface area contributed by atoms with Crippen LogP contribution in [0.25, 0.3) is 0 Å². The molecule has 2 heterocycles. The van der Waals surface area contributed by atoms with Gasteiger partial charge in [-0.25, -0.2) is 0 Å².